The summed E-state index contributed by atoms with van der Waals surface area (Å²) in [4.78, 5) is 4.85. The Hall–Kier alpha value is -9.87. The van der Waals surface area contributed by atoms with Crippen LogP contribution in [-0.2, 0) is 37.3 Å². The Morgan fingerprint density at radius 2 is 1.26 bits per heavy atom. The van der Waals surface area contributed by atoms with Gasteiger partial charge in [0.15, 0.2) is 0 Å². The maximum atomic E-state index is 10.6. The van der Waals surface area contributed by atoms with E-state index in [4.69, 9.17) is 26.5 Å². The van der Waals surface area contributed by atoms with E-state index in [0.717, 1.165) is 32.6 Å². The number of para-hydroxylation sites is 3. The molecule has 0 N–H and O–H groups in total. The molecule has 0 spiro atoms. The molecule has 0 amide bonds. The molecule has 6 nitrogen and oxygen atoms in total. The van der Waals surface area contributed by atoms with Crippen molar-refractivity contribution in [2.24, 2.45) is 0 Å². The Labute approximate surface area is 578 Å². The van der Waals surface area contributed by atoms with Crippen LogP contribution in [0.5, 0.6) is 11.5 Å². The van der Waals surface area contributed by atoms with Gasteiger partial charge in [-0.05, 0) is 166 Å². The number of ether oxygens (including phenoxy) is 1. The van der Waals surface area contributed by atoms with Crippen molar-refractivity contribution in [3.05, 3.63) is 272 Å². The van der Waals surface area contributed by atoms with Gasteiger partial charge in [0.05, 0.1) is 27.7 Å². The van der Waals surface area contributed by atoms with Crippen LogP contribution in [0.3, 0.4) is 0 Å². The first-order valence-electron chi connectivity index (χ1n) is 41.3. The van der Waals surface area contributed by atoms with Crippen LogP contribution in [0.4, 0.5) is 0 Å². The fourth-order valence-electron chi connectivity index (χ4n) is 13.0. The van der Waals surface area contributed by atoms with Crippen molar-refractivity contribution in [3.8, 4) is 95.5 Å². The van der Waals surface area contributed by atoms with Crippen molar-refractivity contribution in [2.75, 3.05) is 0 Å². The van der Waals surface area contributed by atoms with Gasteiger partial charge in [-0.3, -0.25) is 4.57 Å². The van der Waals surface area contributed by atoms with Gasteiger partial charge in [-0.2, -0.15) is 18.2 Å². The van der Waals surface area contributed by atoms with E-state index in [1.54, 1.807) is 82.1 Å². The van der Waals surface area contributed by atoms with Crippen molar-refractivity contribution in [1.29, 1.82) is 0 Å². The van der Waals surface area contributed by atoms with Crippen LogP contribution in [0.25, 0.3) is 139 Å². The molecule has 1 aliphatic heterocycles. The Morgan fingerprint density at radius 3 is 2.09 bits per heavy atom. The average Bonchev–Trinajstić information content (AvgIpc) is 0.717. The van der Waals surface area contributed by atoms with Gasteiger partial charge in [-0.15, -0.1) is 29.7 Å². The standard InChI is InChI=1S/C84H64N4O2.Pt/c1-82(2,3)56-40-43-85-78(48-56)88-73-32-15-13-26-64(73)65-37-36-59(50-74(65)88)89-58-23-17-22-57(49-58)86-51-87-80-61(54-35-39-77-69(44-54)66-27-14-16-33-76(66)90-77)29-19-31-68(80)79-60(52-20-9-8-10-21-52)28-18-30-67(79)62-24-11-12-25-63(62)70-45-55(47-75(86)81(70)87)53-34-38-71-72(46-53)84(6,7)42-41-83(71,4)5;/h8-40,43-48H,41-42H2,1-7H3;/q-2;/i4D3,5D3,6D3,7D3,8D,9D,10D,20D,21D,34D,38D,41D2,42D2,46D;. The minimum absolute atomic E-state index is 0. The molecular formula is C84H64N4O2Pt-2. The molecule has 0 saturated heterocycles. The van der Waals surface area contributed by atoms with Gasteiger partial charge in [0, 0.05) is 77.0 Å². The maximum Gasteiger partial charge on any atom is 0.268 e. The predicted molar refractivity (Wildman–Crippen MR) is 367 cm³/mol. The number of furan rings is 1. The molecule has 11 aromatic carbocycles. The summed E-state index contributed by atoms with van der Waals surface area (Å²) in [5, 5.41) is 3.28. The van der Waals surface area contributed by atoms with Crippen LogP contribution in [0.2, 0.25) is 0 Å². The van der Waals surface area contributed by atoms with Crippen LogP contribution in [-0.4, -0.2) is 14.1 Å². The molecule has 91 heavy (non-hydrogen) atoms. The number of aromatic nitrogens is 4. The number of imidazole rings is 1. The Bertz CT molecular complexity index is 6600. The van der Waals surface area contributed by atoms with Gasteiger partial charge >= 0.3 is 0 Å². The number of rotatable bonds is 7. The monoisotopic (exact) mass is 1380 g/mol. The van der Waals surface area contributed by atoms with Crippen LogP contribution in [0.15, 0.2) is 241 Å². The van der Waals surface area contributed by atoms with Crippen molar-refractivity contribution in [1.82, 2.24) is 14.1 Å². The summed E-state index contributed by atoms with van der Waals surface area (Å²) >= 11 is 0. The summed E-state index contributed by atoms with van der Waals surface area (Å²) in [6.07, 6.45) is -3.78. The summed E-state index contributed by atoms with van der Waals surface area (Å²) in [7, 11) is 0. The Kier molecular flexibility index (Phi) is 8.38. The summed E-state index contributed by atoms with van der Waals surface area (Å²) < 4.78 is 243. The van der Waals surface area contributed by atoms with Gasteiger partial charge in [0.1, 0.15) is 17.0 Å². The summed E-state index contributed by atoms with van der Waals surface area (Å²) in [5.41, 5.74) is -5.73. The molecular weight excluding hydrogens is 1290 g/mol. The molecule has 0 bridgehead atoms. The topological polar surface area (TPSA) is 49.0 Å². The zero-order valence-corrected chi connectivity index (χ0v) is 51.1. The smallest absolute Gasteiger partial charge is 0.268 e. The molecule has 7 heteroatoms. The van der Waals surface area contributed by atoms with E-state index in [1.807, 2.05) is 108 Å². The third kappa shape index (κ3) is 9.16. The molecule has 15 aromatic rings. The van der Waals surface area contributed by atoms with Crippen LogP contribution in [0, 0.1) is 18.5 Å². The SMILES string of the molecule is [2H]c1c([2H])c([2H])c(-c2cccc3c2-c2cccc(-c4ccc5oc6ccccc6c5c4)c2-[n+]2[c-]n(-c4[c-]c(Oc5[c-]c6c(cc5)c5ccccc5n6-c5cc(C(C)(C)C)ccn5)ccc4)c4cc(-c5c([2H])c([2H])c6c(c5[2H])C(C([2H])([2H])[2H])(C([2H])([2H])[2H])C([2H])([2H])C([2H])([2H])C6(C([2H])([2H])[2H])C([2H])([2H])[2H])cc(c42)-c2ccccc2-3)c([2H])c1[2H].[Pt]. The van der Waals surface area contributed by atoms with Crippen molar-refractivity contribution >= 4 is 54.8 Å². The van der Waals surface area contributed by atoms with E-state index in [0.29, 0.717) is 67.1 Å². The van der Waals surface area contributed by atoms with E-state index in [1.165, 1.54) is 12.1 Å². The van der Waals surface area contributed by atoms with Gasteiger partial charge in [0.25, 0.3) is 6.33 Å². The van der Waals surface area contributed by atoms with E-state index in [-0.39, 0.29) is 77.0 Å². The molecule has 5 heterocycles. The molecule has 444 valence electrons. The summed E-state index contributed by atoms with van der Waals surface area (Å²) in [6.45, 7) is -11.0. The number of benzene rings is 11. The fraction of sp³-hybridized carbons (Fsp3) is 0.143. The molecule has 0 atom stereocenters. The van der Waals surface area contributed by atoms with Gasteiger partial charge in [-0.1, -0.05) is 211 Å². The van der Waals surface area contributed by atoms with Crippen molar-refractivity contribution in [2.45, 2.75) is 77.2 Å². The molecule has 0 fully saturated rings. The van der Waals surface area contributed by atoms with Crippen molar-refractivity contribution in [3.63, 3.8) is 0 Å². The molecule has 0 radical (unpaired) electrons. The number of pyridine rings is 1. The summed E-state index contributed by atoms with van der Waals surface area (Å²) in [6, 6.07) is 54.1. The van der Waals surface area contributed by atoms with Gasteiger partial charge in [0.2, 0.25) is 0 Å². The Morgan fingerprint density at radius 1 is 0.560 bits per heavy atom. The largest absolute Gasteiger partial charge is 0.510 e. The Balaban J connectivity index is 0.00000994. The van der Waals surface area contributed by atoms with Crippen LogP contribution >= 0.6 is 0 Å². The number of hydrogen-bond acceptors (Lipinski definition) is 3. The van der Waals surface area contributed by atoms with Crippen molar-refractivity contribution < 1.29 is 67.7 Å². The third-order valence-electron chi connectivity index (χ3n) is 17.2. The minimum atomic E-state index is -4.62. The maximum absolute atomic E-state index is 10.6. The fourth-order valence-corrected chi connectivity index (χ4v) is 13.0. The second kappa shape index (κ2) is 21.1. The quantitative estimate of drug-likeness (QED) is 0.118. The van der Waals surface area contributed by atoms with Gasteiger partial charge in [-0.25, -0.2) is 4.98 Å². The molecule has 2 aliphatic rings. The molecule has 1 aliphatic carbocycles. The number of fused-ring (bicyclic) bond motifs is 14. The first kappa shape index (κ1) is 36.1. The minimum Gasteiger partial charge on any atom is -0.510 e. The first-order chi connectivity index (χ1) is 53.6. The van der Waals surface area contributed by atoms with E-state index in [9.17, 15) is 20.6 Å². The number of nitrogens with zero attached hydrogens (tertiary/aromatic N) is 4. The van der Waals surface area contributed by atoms with Crippen LogP contribution in [0.1, 0.15) is 111 Å². The zero-order valence-electron chi connectivity index (χ0n) is 72.8. The third-order valence-corrected chi connectivity index (χ3v) is 17.2. The average molecular weight is 1380 g/mol. The second-order valence-corrected chi connectivity index (χ2v) is 23.8. The van der Waals surface area contributed by atoms with Crippen LogP contribution < -0.4 is 9.30 Å². The predicted octanol–water partition coefficient (Wildman–Crippen LogP) is 21.5. The van der Waals surface area contributed by atoms with E-state index in [2.05, 4.69) is 39.2 Å². The molecule has 17 rings (SSSR count). The van der Waals surface area contributed by atoms with E-state index >= 15 is 0 Å². The second-order valence-electron chi connectivity index (χ2n) is 23.8. The normalized spacial score (nSPS) is 19.4. The molecule has 0 unspecified atom stereocenters. The first-order valence-corrected chi connectivity index (χ1v) is 29.3. The van der Waals surface area contributed by atoms with Gasteiger partial charge < -0.3 is 18.3 Å². The number of hydrogen-bond donors (Lipinski definition) is 0. The van der Waals surface area contributed by atoms with E-state index < -0.39 is 116 Å². The molecule has 4 aromatic heterocycles. The summed E-state index contributed by atoms with van der Waals surface area (Å²) in [5.74, 6) is 0.994. The zero-order chi connectivity index (χ0) is 81.3. The molecule has 0 saturated carbocycles.